The Morgan fingerprint density at radius 1 is 1.07 bits per heavy atom. The van der Waals surface area contributed by atoms with Crippen molar-refractivity contribution < 1.29 is 0 Å². The topological polar surface area (TPSA) is 25.8 Å². The molecule has 3 aromatic rings. The predicted molar refractivity (Wildman–Crippen MR) is 62.9 cm³/mol. The maximum absolute atomic E-state index is 4.57. The van der Waals surface area contributed by atoms with Crippen molar-refractivity contribution in [1.82, 2.24) is 9.97 Å². The van der Waals surface area contributed by atoms with Crippen LogP contribution in [0.5, 0.6) is 0 Å². The van der Waals surface area contributed by atoms with Crippen LogP contribution in [0.4, 0.5) is 0 Å². The molecule has 3 aromatic heterocycles. The molecule has 2 nitrogen and oxygen atoms in total. The summed E-state index contributed by atoms with van der Waals surface area (Å²) >= 11 is 1.70. The Morgan fingerprint density at radius 2 is 2.07 bits per heavy atom. The summed E-state index contributed by atoms with van der Waals surface area (Å²) in [4.78, 5) is 9.84. The fourth-order valence-electron chi connectivity index (χ4n) is 1.53. The molecular weight excluding hydrogens is 204 g/mol. The molecule has 0 fully saturated rings. The summed E-state index contributed by atoms with van der Waals surface area (Å²) in [6.07, 6.45) is 3.58. The van der Waals surface area contributed by atoms with Crippen LogP contribution >= 0.6 is 11.3 Å². The van der Waals surface area contributed by atoms with Gasteiger partial charge in [0.05, 0.1) is 22.3 Å². The zero-order chi connectivity index (χ0) is 10.1. The second kappa shape index (κ2) is 3.44. The molecule has 0 aromatic carbocycles. The molecule has 0 radical (unpaired) electrons. The van der Waals surface area contributed by atoms with Crippen LogP contribution in [0.3, 0.4) is 0 Å². The van der Waals surface area contributed by atoms with E-state index >= 15 is 0 Å². The van der Waals surface area contributed by atoms with Gasteiger partial charge in [0.15, 0.2) is 0 Å². The molecule has 0 bridgehead atoms. The van der Waals surface area contributed by atoms with Gasteiger partial charge in [0.2, 0.25) is 0 Å². The highest BCUT2D eigenvalue weighted by Gasteiger charge is 2.01. The zero-order valence-corrected chi connectivity index (χ0v) is 8.74. The lowest BCUT2D eigenvalue weighted by molar-refractivity contribution is 1.32. The van der Waals surface area contributed by atoms with E-state index in [1.807, 2.05) is 18.2 Å². The van der Waals surface area contributed by atoms with E-state index in [4.69, 9.17) is 0 Å². The van der Waals surface area contributed by atoms with Gasteiger partial charge < -0.3 is 0 Å². The zero-order valence-electron chi connectivity index (χ0n) is 7.92. The molecule has 3 heteroatoms. The lowest BCUT2D eigenvalue weighted by Gasteiger charge is -1.99. The minimum atomic E-state index is 0.948. The van der Waals surface area contributed by atoms with Gasteiger partial charge in [-0.3, -0.25) is 4.98 Å². The maximum atomic E-state index is 4.57. The third-order valence-corrected chi connectivity index (χ3v) is 3.16. The Kier molecular flexibility index (Phi) is 1.96. The standard InChI is InChI=1S/C12H8N2S/c1-2-12(15-7-1)10-4-3-9-5-6-13-8-11(9)14-10/h1-8H. The number of pyridine rings is 2. The van der Waals surface area contributed by atoms with Gasteiger partial charge in [-0.25, -0.2) is 4.98 Å². The van der Waals surface area contributed by atoms with Crippen LogP contribution in [0, 0.1) is 0 Å². The largest absolute Gasteiger partial charge is 0.262 e. The van der Waals surface area contributed by atoms with E-state index in [9.17, 15) is 0 Å². The fourth-order valence-corrected chi connectivity index (χ4v) is 2.22. The van der Waals surface area contributed by atoms with Crippen molar-refractivity contribution in [3.05, 3.63) is 48.1 Å². The number of hydrogen-bond donors (Lipinski definition) is 0. The van der Waals surface area contributed by atoms with Crippen molar-refractivity contribution in [3.8, 4) is 10.6 Å². The minimum Gasteiger partial charge on any atom is -0.262 e. The van der Waals surface area contributed by atoms with E-state index in [1.165, 1.54) is 4.88 Å². The third-order valence-electron chi connectivity index (χ3n) is 2.27. The number of aromatic nitrogens is 2. The maximum Gasteiger partial charge on any atom is 0.0892 e. The van der Waals surface area contributed by atoms with E-state index in [0.717, 1.165) is 16.6 Å². The van der Waals surface area contributed by atoms with Crippen molar-refractivity contribution in [2.24, 2.45) is 0 Å². The Morgan fingerprint density at radius 3 is 2.93 bits per heavy atom. The average Bonchev–Trinajstić information content (AvgIpc) is 2.82. The number of thiophene rings is 1. The van der Waals surface area contributed by atoms with Gasteiger partial charge in [-0.15, -0.1) is 11.3 Å². The molecule has 0 saturated carbocycles. The molecule has 0 aliphatic heterocycles. The molecule has 0 aliphatic rings. The molecule has 0 unspecified atom stereocenters. The summed E-state index contributed by atoms with van der Waals surface area (Å²) < 4.78 is 0. The molecule has 3 rings (SSSR count). The Bertz CT molecular complexity index is 587. The molecular formula is C12H8N2S. The molecule has 0 spiro atoms. The van der Waals surface area contributed by atoms with E-state index in [1.54, 1.807) is 23.7 Å². The van der Waals surface area contributed by atoms with E-state index in [0.29, 0.717) is 0 Å². The van der Waals surface area contributed by atoms with Gasteiger partial charge in [0, 0.05) is 11.6 Å². The van der Waals surface area contributed by atoms with Crippen LogP contribution < -0.4 is 0 Å². The first-order valence-electron chi connectivity index (χ1n) is 4.68. The quantitative estimate of drug-likeness (QED) is 0.618. The van der Waals surface area contributed by atoms with Crippen LogP contribution in [0.1, 0.15) is 0 Å². The summed E-state index contributed by atoms with van der Waals surface area (Å²) in [6.45, 7) is 0. The smallest absolute Gasteiger partial charge is 0.0892 e. The second-order valence-electron chi connectivity index (χ2n) is 3.24. The van der Waals surface area contributed by atoms with Gasteiger partial charge in [-0.2, -0.15) is 0 Å². The number of nitrogens with zero attached hydrogens (tertiary/aromatic N) is 2. The van der Waals surface area contributed by atoms with Crippen molar-refractivity contribution in [1.29, 1.82) is 0 Å². The SMILES string of the molecule is c1csc(-c2ccc3ccncc3n2)c1. The fraction of sp³-hybridized carbons (Fsp3) is 0. The Labute approximate surface area is 91.2 Å². The summed E-state index contributed by atoms with van der Waals surface area (Å²) in [5, 5.41) is 3.19. The van der Waals surface area contributed by atoms with Crippen LogP contribution in [0.15, 0.2) is 48.1 Å². The third kappa shape index (κ3) is 1.51. The first-order valence-corrected chi connectivity index (χ1v) is 5.56. The number of rotatable bonds is 1. The molecule has 0 N–H and O–H groups in total. The summed E-state index contributed by atoms with van der Waals surface area (Å²) in [5.41, 5.74) is 1.97. The molecule has 0 atom stereocenters. The summed E-state index contributed by atoms with van der Waals surface area (Å²) in [5.74, 6) is 0. The van der Waals surface area contributed by atoms with Gasteiger partial charge in [0.25, 0.3) is 0 Å². The first-order chi connectivity index (χ1) is 7.43. The highest BCUT2D eigenvalue weighted by atomic mass is 32.1. The molecule has 3 heterocycles. The molecule has 0 saturated heterocycles. The number of hydrogen-bond acceptors (Lipinski definition) is 3. The highest BCUT2D eigenvalue weighted by molar-refractivity contribution is 7.13. The van der Waals surface area contributed by atoms with Gasteiger partial charge in [0.1, 0.15) is 0 Å². The van der Waals surface area contributed by atoms with E-state index in [2.05, 4.69) is 27.5 Å². The van der Waals surface area contributed by atoms with Crippen LogP contribution in [-0.2, 0) is 0 Å². The molecule has 15 heavy (non-hydrogen) atoms. The van der Waals surface area contributed by atoms with Gasteiger partial charge in [-0.05, 0) is 23.6 Å². The average molecular weight is 212 g/mol. The summed E-state index contributed by atoms with van der Waals surface area (Å²) in [7, 11) is 0. The van der Waals surface area contributed by atoms with Crippen molar-refractivity contribution in [2.75, 3.05) is 0 Å². The molecule has 0 amide bonds. The lowest BCUT2D eigenvalue weighted by Crippen LogP contribution is -1.83. The molecule has 0 aliphatic carbocycles. The van der Waals surface area contributed by atoms with E-state index in [-0.39, 0.29) is 0 Å². The van der Waals surface area contributed by atoms with Crippen molar-refractivity contribution in [3.63, 3.8) is 0 Å². The highest BCUT2D eigenvalue weighted by Crippen LogP contribution is 2.24. The van der Waals surface area contributed by atoms with Crippen molar-refractivity contribution in [2.45, 2.75) is 0 Å². The minimum absolute atomic E-state index is 0.948. The monoisotopic (exact) mass is 212 g/mol. The van der Waals surface area contributed by atoms with Crippen LogP contribution in [0.2, 0.25) is 0 Å². The predicted octanol–water partition coefficient (Wildman–Crippen LogP) is 3.36. The van der Waals surface area contributed by atoms with Gasteiger partial charge in [-0.1, -0.05) is 12.1 Å². The molecule has 72 valence electrons. The lowest BCUT2D eigenvalue weighted by atomic mass is 10.2. The second-order valence-corrected chi connectivity index (χ2v) is 4.19. The number of fused-ring (bicyclic) bond motifs is 1. The van der Waals surface area contributed by atoms with Crippen LogP contribution in [0.25, 0.3) is 21.5 Å². The van der Waals surface area contributed by atoms with Crippen molar-refractivity contribution >= 4 is 22.2 Å². The Hall–Kier alpha value is -1.74. The van der Waals surface area contributed by atoms with Crippen LogP contribution in [-0.4, -0.2) is 9.97 Å². The first kappa shape index (κ1) is 8.56. The summed E-state index contributed by atoms with van der Waals surface area (Å²) in [6, 6.07) is 10.2. The van der Waals surface area contributed by atoms with Gasteiger partial charge >= 0.3 is 0 Å². The normalized spacial score (nSPS) is 10.7. The van der Waals surface area contributed by atoms with E-state index < -0.39 is 0 Å². The Balaban J connectivity index is 2.22.